The van der Waals surface area contributed by atoms with Gasteiger partial charge in [0.05, 0.1) is 11.4 Å². The van der Waals surface area contributed by atoms with Gasteiger partial charge in [-0.1, -0.05) is 11.8 Å². The minimum atomic E-state index is -0.501. The van der Waals surface area contributed by atoms with Crippen molar-refractivity contribution in [2.45, 2.75) is 6.92 Å². The zero-order valence-electron chi connectivity index (χ0n) is 12.6. The molecule has 0 aliphatic heterocycles. The number of rotatable bonds is 5. The molecule has 0 spiro atoms. The van der Waals surface area contributed by atoms with Crippen molar-refractivity contribution in [3.63, 3.8) is 0 Å². The quantitative estimate of drug-likeness (QED) is 0.543. The summed E-state index contributed by atoms with van der Waals surface area (Å²) in [6, 6.07) is 3.56. The fourth-order valence-electron chi connectivity index (χ4n) is 1.88. The van der Waals surface area contributed by atoms with E-state index < -0.39 is 5.91 Å². The van der Waals surface area contributed by atoms with Crippen molar-refractivity contribution in [2.24, 2.45) is 0 Å². The number of nitrogen functional groups attached to an aromatic ring is 1. The lowest BCUT2D eigenvalue weighted by Gasteiger charge is -2.10. The second kappa shape index (κ2) is 6.16. The number of amides is 1. The average molecular weight is 327 g/mol. The first-order chi connectivity index (χ1) is 11.6. The van der Waals surface area contributed by atoms with Crippen LogP contribution >= 0.6 is 0 Å². The van der Waals surface area contributed by atoms with Crippen LogP contribution < -0.4 is 16.6 Å². The Kier molecular flexibility index (Phi) is 3.89. The third kappa shape index (κ3) is 2.77. The first-order valence-corrected chi connectivity index (χ1v) is 6.74. The SMILES string of the molecule is C=C(NNC(=O)c1nnn(-c2nonc2N)c1C)c1cccnc1. The Bertz CT molecular complexity index is 884. The Labute approximate surface area is 135 Å². The normalized spacial score (nSPS) is 10.4. The number of anilines is 1. The lowest BCUT2D eigenvalue weighted by atomic mass is 10.2. The summed E-state index contributed by atoms with van der Waals surface area (Å²) in [5, 5.41) is 14.7. The fourth-order valence-corrected chi connectivity index (χ4v) is 1.88. The predicted octanol–water partition coefficient (Wildman–Crippen LogP) is -0.159. The standard InChI is InChI=1S/C13H13N9O2/c1-7(9-4-3-5-15-6-9)16-18-13(23)10-8(2)22(21-17-10)12-11(14)19-24-20-12/h3-6,16H,1H2,2H3,(H2,14,19)(H,18,23). The number of hydrogen-bond donors (Lipinski definition) is 3. The van der Waals surface area contributed by atoms with Crippen molar-refractivity contribution in [3.05, 3.63) is 48.1 Å². The number of nitrogens with two attached hydrogens (primary N) is 1. The summed E-state index contributed by atoms with van der Waals surface area (Å²) in [6.45, 7) is 5.45. The molecule has 4 N–H and O–H groups in total. The smallest absolute Gasteiger partial charge is 0.292 e. The molecule has 3 aromatic heterocycles. The minimum absolute atomic E-state index is 0.0399. The molecule has 0 aliphatic rings. The van der Waals surface area contributed by atoms with Crippen LogP contribution in [0.3, 0.4) is 0 Å². The molecule has 0 atom stereocenters. The Morgan fingerprint density at radius 3 is 2.88 bits per heavy atom. The second-order valence-corrected chi connectivity index (χ2v) is 4.71. The number of pyridine rings is 1. The zero-order chi connectivity index (χ0) is 17.1. The zero-order valence-corrected chi connectivity index (χ0v) is 12.6. The third-order valence-electron chi connectivity index (χ3n) is 3.14. The van der Waals surface area contributed by atoms with Crippen LogP contribution in [0.2, 0.25) is 0 Å². The molecular weight excluding hydrogens is 314 g/mol. The van der Waals surface area contributed by atoms with Gasteiger partial charge < -0.3 is 5.73 Å². The molecule has 0 saturated carbocycles. The number of hydrazine groups is 1. The van der Waals surface area contributed by atoms with Crippen molar-refractivity contribution < 1.29 is 9.42 Å². The van der Waals surface area contributed by atoms with Crippen LogP contribution in [0.1, 0.15) is 21.7 Å². The highest BCUT2D eigenvalue weighted by molar-refractivity contribution is 5.93. The van der Waals surface area contributed by atoms with Crippen LogP contribution in [0.25, 0.3) is 11.5 Å². The summed E-state index contributed by atoms with van der Waals surface area (Å²) in [5.74, 6) is -0.302. The van der Waals surface area contributed by atoms with E-state index in [4.69, 9.17) is 5.73 Å². The van der Waals surface area contributed by atoms with Crippen molar-refractivity contribution in [1.82, 2.24) is 41.1 Å². The highest BCUT2D eigenvalue weighted by atomic mass is 16.6. The van der Waals surface area contributed by atoms with E-state index in [9.17, 15) is 4.79 Å². The molecule has 11 nitrogen and oxygen atoms in total. The van der Waals surface area contributed by atoms with Crippen LogP contribution in [0.5, 0.6) is 0 Å². The van der Waals surface area contributed by atoms with Gasteiger partial charge >= 0.3 is 0 Å². The van der Waals surface area contributed by atoms with Crippen LogP contribution in [0.4, 0.5) is 5.82 Å². The maximum atomic E-state index is 12.2. The Morgan fingerprint density at radius 2 is 2.21 bits per heavy atom. The Morgan fingerprint density at radius 1 is 1.38 bits per heavy atom. The second-order valence-electron chi connectivity index (χ2n) is 4.71. The van der Waals surface area contributed by atoms with Gasteiger partial charge in [-0.05, 0) is 29.4 Å². The van der Waals surface area contributed by atoms with Gasteiger partial charge in [-0.25, -0.2) is 4.63 Å². The Hall–Kier alpha value is -3.76. The van der Waals surface area contributed by atoms with Crippen molar-refractivity contribution >= 4 is 17.4 Å². The molecule has 3 rings (SSSR count). The third-order valence-corrected chi connectivity index (χ3v) is 3.14. The fraction of sp³-hybridized carbons (Fsp3) is 0.0769. The van der Waals surface area contributed by atoms with E-state index in [1.165, 1.54) is 4.68 Å². The topological polar surface area (TPSA) is 150 Å². The molecule has 24 heavy (non-hydrogen) atoms. The highest BCUT2D eigenvalue weighted by Gasteiger charge is 2.20. The van der Waals surface area contributed by atoms with Crippen LogP contribution in [-0.4, -0.2) is 36.2 Å². The van der Waals surface area contributed by atoms with Gasteiger partial charge in [0.1, 0.15) is 0 Å². The number of nitrogens with zero attached hydrogens (tertiary/aromatic N) is 6. The van der Waals surface area contributed by atoms with Gasteiger partial charge in [0, 0.05) is 18.0 Å². The van der Waals surface area contributed by atoms with E-state index >= 15 is 0 Å². The lowest BCUT2D eigenvalue weighted by molar-refractivity contribution is 0.0936. The molecule has 0 saturated heterocycles. The molecule has 3 heterocycles. The maximum Gasteiger partial charge on any atom is 0.292 e. The molecule has 0 aliphatic carbocycles. The van der Waals surface area contributed by atoms with Gasteiger partial charge in [-0.3, -0.25) is 20.6 Å². The Balaban J connectivity index is 1.71. The van der Waals surface area contributed by atoms with E-state index in [0.717, 1.165) is 5.56 Å². The van der Waals surface area contributed by atoms with E-state index in [1.54, 1.807) is 31.5 Å². The number of aromatic nitrogens is 6. The summed E-state index contributed by atoms with van der Waals surface area (Å²) in [7, 11) is 0. The van der Waals surface area contributed by atoms with Gasteiger partial charge in [0.25, 0.3) is 5.91 Å². The summed E-state index contributed by atoms with van der Waals surface area (Å²) in [5.41, 5.74) is 12.5. The van der Waals surface area contributed by atoms with Crippen LogP contribution in [0, 0.1) is 6.92 Å². The molecule has 0 aromatic carbocycles. The molecule has 1 amide bonds. The van der Waals surface area contributed by atoms with Crippen molar-refractivity contribution in [3.8, 4) is 5.82 Å². The first-order valence-electron chi connectivity index (χ1n) is 6.74. The van der Waals surface area contributed by atoms with E-state index in [1.807, 2.05) is 0 Å². The first kappa shape index (κ1) is 15.1. The monoisotopic (exact) mass is 327 g/mol. The largest absolute Gasteiger partial charge is 0.378 e. The van der Waals surface area contributed by atoms with E-state index in [2.05, 4.69) is 47.7 Å². The van der Waals surface area contributed by atoms with Crippen LogP contribution in [-0.2, 0) is 0 Å². The van der Waals surface area contributed by atoms with Crippen molar-refractivity contribution in [2.75, 3.05) is 5.73 Å². The summed E-state index contributed by atoms with van der Waals surface area (Å²) >= 11 is 0. The molecular formula is C13H13N9O2. The number of hydrogen-bond acceptors (Lipinski definition) is 9. The highest BCUT2D eigenvalue weighted by Crippen LogP contribution is 2.14. The van der Waals surface area contributed by atoms with Gasteiger partial charge in [-0.2, -0.15) is 4.68 Å². The van der Waals surface area contributed by atoms with Gasteiger partial charge in [0.15, 0.2) is 5.69 Å². The average Bonchev–Trinajstić information content (AvgIpc) is 3.18. The van der Waals surface area contributed by atoms with E-state index in [-0.39, 0.29) is 17.3 Å². The molecule has 0 bridgehead atoms. The number of carbonyl (C=O) groups is 1. The molecule has 0 radical (unpaired) electrons. The van der Waals surface area contributed by atoms with Crippen LogP contribution in [0.15, 0.2) is 35.7 Å². The number of nitrogens with one attached hydrogen (secondary N) is 2. The van der Waals surface area contributed by atoms with Gasteiger partial charge in [-0.15, -0.1) is 5.10 Å². The minimum Gasteiger partial charge on any atom is -0.378 e. The molecule has 3 aromatic rings. The molecule has 0 fully saturated rings. The molecule has 0 unspecified atom stereocenters. The van der Waals surface area contributed by atoms with Gasteiger partial charge in [0.2, 0.25) is 11.6 Å². The molecule has 122 valence electrons. The number of carbonyl (C=O) groups excluding carboxylic acids is 1. The maximum absolute atomic E-state index is 12.2. The lowest BCUT2D eigenvalue weighted by Crippen LogP contribution is -2.36. The summed E-state index contributed by atoms with van der Waals surface area (Å²) in [6.07, 6.45) is 3.25. The van der Waals surface area contributed by atoms with E-state index in [0.29, 0.717) is 11.4 Å². The summed E-state index contributed by atoms with van der Waals surface area (Å²) < 4.78 is 5.77. The summed E-state index contributed by atoms with van der Waals surface area (Å²) in [4.78, 5) is 16.2. The molecule has 11 heteroatoms. The van der Waals surface area contributed by atoms with Crippen molar-refractivity contribution in [1.29, 1.82) is 0 Å². The predicted molar refractivity (Wildman–Crippen MR) is 82.2 cm³/mol.